The molecule has 2 fully saturated rings. The summed E-state index contributed by atoms with van der Waals surface area (Å²) in [7, 11) is 2.35. The van der Waals surface area contributed by atoms with Gasteiger partial charge >= 0.3 is 7.12 Å². The summed E-state index contributed by atoms with van der Waals surface area (Å²) in [6.07, 6.45) is 1.14. The quantitative estimate of drug-likeness (QED) is 0.659. The summed E-state index contributed by atoms with van der Waals surface area (Å²) in [5, 5.41) is 0.237. The Morgan fingerprint density at radius 2 is 1.33 bits per heavy atom. The summed E-state index contributed by atoms with van der Waals surface area (Å²) in [6.45, 7) is 17.8. The van der Waals surface area contributed by atoms with Gasteiger partial charge in [-0.15, -0.1) is 0 Å². The van der Waals surface area contributed by atoms with Crippen LogP contribution in [0.1, 0.15) is 61.8 Å². The summed E-state index contributed by atoms with van der Waals surface area (Å²) >= 11 is 0. The standard InChI is InChI=1S/C14H27B2O2/c1-11(2)9-10(15-12(11,3)4)16-17-13(5,6)14(7,8)18-16/h10H,9H2,1-8H3. The van der Waals surface area contributed by atoms with E-state index in [4.69, 9.17) is 9.31 Å². The highest BCUT2D eigenvalue weighted by molar-refractivity contribution is 6.66. The summed E-state index contributed by atoms with van der Waals surface area (Å²) in [4.78, 5) is 0. The van der Waals surface area contributed by atoms with Gasteiger partial charge in [-0.2, -0.15) is 0 Å². The Hall–Kier alpha value is 0.0499. The van der Waals surface area contributed by atoms with E-state index < -0.39 is 0 Å². The van der Waals surface area contributed by atoms with Crippen molar-refractivity contribution in [3.8, 4) is 0 Å². The zero-order chi connectivity index (χ0) is 14.0. The van der Waals surface area contributed by atoms with Crippen LogP contribution in [0.25, 0.3) is 0 Å². The first-order valence-corrected chi connectivity index (χ1v) is 7.10. The normalized spacial score (nSPS) is 35.6. The molecular weight excluding hydrogens is 222 g/mol. The van der Waals surface area contributed by atoms with E-state index in [0.29, 0.717) is 11.1 Å². The Kier molecular flexibility index (Phi) is 3.04. The van der Waals surface area contributed by atoms with E-state index in [1.165, 1.54) is 0 Å². The van der Waals surface area contributed by atoms with Crippen LogP contribution in [0, 0.1) is 5.41 Å². The van der Waals surface area contributed by atoms with Gasteiger partial charge in [-0.3, -0.25) is 0 Å². The molecule has 0 aromatic heterocycles. The minimum Gasteiger partial charge on any atom is -0.403 e. The molecule has 0 spiro atoms. The molecule has 0 amide bonds. The lowest BCUT2D eigenvalue weighted by molar-refractivity contribution is 0.00578. The van der Waals surface area contributed by atoms with E-state index in [-0.39, 0.29) is 23.6 Å². The molecule has 2 heterocycles. The van der Waals surface area contributed by atoms with Gasteiger partial charge in [-0.05, 0) is 38.8 Å². The molecule has 18 heavy (non-hydrogen) atoms. The molecule has 0 aliphatic carbocycles. The van der Waals surface area contributed by atoms with Gasteiger partial charge in [0.1, 0.15) is 7.28 Å². The van der Waals surface area contributed by atoms with Gasteiger partial charge in [-0.25, -0.2) is 0 Å². The van der Waals surface area contributed by atoms with Crippen LogP contribution in [0.3, 0.4) is 0 Å². The molecule has 0 aromatic rings. The lowest BCUT2D eigenvalue weighted by Crippen LogP contribution is -2.41. The van der Waals surface area contributed by atoms with Crippen LogP contribution in [0.15, 0.2) is 0 Å². The fourth-order valence-electron chi connectivity index (χ4n) is 2.91. The molecule has 2 aliphatic rings. The van der Waals surface area contributed by atoms with E-state index in [1.54, 1.807) is 0 Å². The van der Waals surface area contributed by atoms with Crippen LogP contribution in [0.5, 0.6) is 0 Å². The zero-order valence-corrected chi connectivity index (χ0v) is 13.3. The highest BCUT2D eigenvalue weighted by atomic mass is 16.7. The van der Waals surface area contributed by atoms with Gasteiger partial charge < -0.3 is 9.31 Å². The van der Waals surface area contributed by atoms with Crippen molar-refractivity contribution < 1.29 is 9.31 Å². The van der Waals surface area contributed by atoms with E-state index in [9.17, 15) is 0 Å². The van der Waals surface area contributed by atoms with E-state index in [1.807, 2.05) is 0 Å². The molecule has 0 bridgehead atoms. The molecule has 0 N–H and O–H groups in total. The van der Waals surface area contributed by atoms with Crippen LogP contribution in [-0.4, -0.2) is 25.6 Å². The Bertz CT molecular complexity index is 282. The molecule has 1 radical (unpaired) electrons. The first-order valence-electron chi connectivity index (χ1n) is 7.10. The molecule has 4 heteroatoms. The Labute approximate surface area is 114 Å². The van der Waals surface area contributed by atoms with Crippen molar-refractivity contribution in [2.75, 3.05) is 0 Å². The molecular formula is C14H27B2O2. The first-order chi connectivity index (χ1) is 7.88. The minimum atomic E-state index is -0.220. The number of rotatable bonds is 1. The zero-order valence-electron chi connectivity index (χ0n) is 13.3. The van der Waals surface area contributed by atoms with Crippen molar-refractivity contribution in [3.63, 3.8) is 0 Å². The predicted molar refractivity (Wildman–Crippen MR) is 78.0 cm³/mol. The molecule has 2 nitrogen and oxygen atoms in total. The molecule has 1 unspecified atom stereocenters. The van der Waals surface area contributed by atoms with Gasteiger partial charge in [0, 0.05) is 0 Å². The van der Waals surface area contributed by atoms with Crippen LogP contribution in [-0.2, 0) is 9.31 Å². The molecule has 0 saturated carbocycles. The maximum atomic E-state index is 6.18. The highest BCUT2D eigenvalue weighted by Gasteiger charge is 2.58. The van der Waals surface area contributed by atoms with Crippen LogP contribution in [0.2, 0.25) is 11.0 Å². The van der Waals surface area contributed by atoms with Crippen molar-refractivity contribution in [1.29, 1.82) is 0 Å². The van der Waals surface area contributed by atoms with E-state index in [2.05, 4.69) is 62.7 Å². The first kappa shape index (κ1) is 14.5. The maximum absolute atomic E-state index is 6.18. The Morgan fingerprint density at radius 1 is 0.889 bits per heavy atom. The van der Waals surface area contributed by atoms with Crippen molar-refractivity contribution in [3.05, 3.63) is 0 Å². The third kappa shape index (κ3) is 2.06. The highest BCUT2D eigenvalue weighted by Crippen LogP contribution is 2.59. The second-order valence-corrected chi connectivity index (χ2v) is 8.26. The van der Waals surface area contributed by atoms with Crippen LogP contribution in [0.4, 0.5) is 0 Å². The van der Waals surface area contributed by atoms with Gasteiger partial charge in [0.25, 0.3) is 0 Å². The molecule has 0 aromatic carbocycles. The Balaban J connectivity index is 2.14. The van der Waals surface area contributed by atoms with Crippen molar-refractivity contribution in [1.82, 2.24) is 0 Å². The third-order valence-electron chi connectivity index (χ3n) is 5.74. The molecule has 2 saturated heterocycles. The van der Waals surface area contributed by atoms with Crippen LogP contribution < -0.4 is 0 Å². The van der Waals surface area contributed by atoms with E-state index >= 15 is 0 Å². The number of hydrogen-bond acceptors (Lipinski definition) is 2. The topological polar surface area (TPSA) is 18.5 Å². The predicted octanol–water partition coefficient (Wildman–Crippen LogP) is 3.74. The Morgan fingerprint density at radius 3 is 1.67 bits per heavy atom. The van der Waals surface area contributed by atoms with Gasteiger partial charge in [0.2, 0.25) is 0 Å². The molecule has 2 rings (SSSR count). The molecule has 2 aliphatic heterocycles. The SMILES string of the molecule is CC1(C)[B]C(B2OC(C)(C)C(C)(C)O2)CC1(C)C. The summed E-state index contributed by atoms with van der Waals surface area (Å²) in [6, 6.07) is 0. The number of hydrogen-bond donors (Lipinski definition) is 0. The average molecular weight is 249 g/mol. The third-order valence-corrected chi connectivity index (χ3v) is 5.74. The lowest BCUT2D eigenvalue weighted by Gasteiger charge is -2.34. The monoisotopic (exact) mass is 249 g/mol. The fraction of sp³-hybridized carbons (Fsp3) is 1.00. The van der Waals surface area contributed by atoms with Crippen molar-refractivity contribution in [2.24, 2.45) is 5.41 Å². The summed E-state index contributed by atoms with van der Waals surface area (Å²) in [5.41, 5.74) is 0.266. The molecule has 101 valence electrons. The largest absolute Gasteiger partial charge is 0.452 e. The average Bonchev–Trinajstić information content (AvgIpc) is 2.45. The van der Waals surface area contributed by atoms with Crippen molar-refractivity contribution >= 4 is 14.4 Å². The smallest absolute Gasteiger partial charge is 0.403 e. The summed E-state index contributed by atoms with van der Waals surface area (Å²) in [5.74, 6) is 0. The lowest BCUT2D eigenvalue weighted by atomic mass is 9.41. The minimum absolute atomic E-state index is 0.0870. The van der Waals surface area contributed by atoms with E-state index in [0.717, 1.165) is 6.42 Å². The maximum Gasteiger partial charge on any atom is 0.452 e. The summed E-state index contributed by atoms with van der Waals surface area (Å²) < 4.78 is 12.4. The second kappa shape index (κ2) is 3.79. The second-order valence-electron chi connectivity index (χ2n) is 8.26. The van der Waals surface area contributed by atoms with Gasteiger partial charge in [0.15, 0.2) is 0 Å². The van der Waals surface area contributed by atoms with Crippen molar-refractivity contribution in [2.45, 2.75) is 84.0 Å². The van der Waals surface area contributed by atoms with Gasteiger partial charge in [-0.1, -0.05) is 39.4 Å². The molecule has 1 atom stereocenters. The van der Waals surface area contributed by atoms with Crippen LogP contribution >= 0.6 is 0 Å². The van der Waals surface area contributed by atoms with Gasteiger partial charge in [0.05, 0.1) is 11.2 Å². The fourth-order valence-corrected chi connectivity index (χ4v) is 2.91.